The van der Waals surface area contributed by atoms with Crippen LogP contribution in [0.1, 0.15) is 13.8 Å². The highest BCUT2D eigenvalue weighted by atomic mass is 16.6. The van der Waals surface area contributed by atoms with E-state index >= 15 is 0 Å². The molecule has 0 bridgehead atoms. The Balaban J connectivity index is 1.78. The van der Waals surface area contributed by atoms with Gasteiger partial charge in [-0.25, -0.2) is 4.79 Å². The van der Waals surface area contributed by atoms with Gasteiger partial charge in [0.05, 0.1) is 12.2 Å². The monoisotopic (exact) mass is 304 g/mol. The van der Waals surface area contributed by atoms with Crippen LogP contribution >= 0.6 is 0 Å². The Morgan fingerprint density at radius 2 is 2.05 bits per heavy atom. The Kier molecular flexibility index (Phi) is 2.02. The van der Waals surface area contributed by atoms with Crippen LogP contribution in [0.15, 0.2) is 23.3 Å². The van der Waals surface area contributed by atoms with E-state index in [2.05, 4.69) is 0 Å². The van der Waals surface area contributed by atoms with Crippen molar-refractivity contribution in [2.24, 2.45) is 16.7 Å². The summed E-state index contributed by atoms with van der Waals surface area (Å²) in [5.74, 6) is -1.01. The van der Waals surface area contributed by atoms with Gasteiger partial charge in [-0.15, -0.1) is 0 Å². The van der Waals surface area contributed by atoms with Crippen molar-refractivity contribution in [2.75, 3.05) is 6.61 Å². The van der Waals surface area contributed by atoms with Gasteiger partial charge in [0.25, 0.3) is 0 Å². The average molecular weight is 304 g/mol. The lowest BCUT2D eigenvalue weighted by Crippen LogP contribution is -2.60. The summed E-state index contributed by atoms with van der Waals surface area (Å²) in [6.07, 6.45) is 1.51. The Hall–Kier alpha value is -1.66. The number of carbonyl (C=O) groups excluding carboxylic acids is 2. The molecule has 0 aromatic rings. The molecular weight excluding hydrogens is 288 g/mol. The quantitative estimate of drug-likeness (QED) is 0.505. The van der Waals surface area contributed by atoms with E-state index in [1.807, 2.05) is 13.0 Å². The van der Waals surface area contributed by atoms with E-state index in [1.54, 1.807) is 6.92 Å². The number of carbonyl (C=O) groups is 2. The van der Waals surface area contributed by atoms with E-state index in [1.165, 1.54) is 6.08 Å². The molecule has 6 nitrogen and oxygen atoms in total. The maximum absolute atomic E-state index is 12.5. The summed E-state index contributed by atoms with van der Waals surface area (Å²) in [5, 5.41) is 10.6. The van der Waals surface area contributed by atoms with Crippen LogP contribution in [0.4, 0.5) is 0 Å². The molecule has 5 aliphatic rings. The van der Waals surface area contributed by atoms with Crippen LogP contribution in [0.2, 0.25) is 0 Å². The van der Waals surface area contributed by atoms with Crippen LogP contribution < -0.4 is 0 Å². The van der Waals surface area contributed by atoms with E-state index < -0.39 is 29.0 Å². The van der Waals surface area contributed by atoms with Crippen molar-refractivity contribution in [1.29, 1.82) is 0 Å². The topological polar surface area (TPSA) is 85.4 Å². The highest BCUT2D eigenvalue weighted by Gasteiger charge is 2.78. The lowest BCUT2D eigenvalue weighted by atomic mass is 9.49. The maximum atomic E-state index is 12.5. The van der Waals surface area contributed by atoms with Crippen LogP contribution in [-0.2, 0) is 23.8 Å². The second kappa shape index (κ2) is 3.46. The first-order valence-corrected chi connectivity index (χ1v) is 7.53. The van der Waals surface area contributed by atoms with E-state index in [-0.39, 0.29) is 30.7 Å². The number of esters is 2. The summed E-state index contributed by atoms with van der Waals surface area (Å²) in [7, 11) is 0. The van der Waals surface area contributed by atoms with Crippen LogP contribution in [0.5, 0.6) is 0 Å². The van der Waals surface area contributed by atoms with Crippen molar-refractivity contribution in [1.82, 2.24) is 0 Å². The minimum atomic E-state index is -1.01. The van der Waals surface area contributed by atoms with Crippen molar-refractivity contribution >= 4 is 11.9 Å². The molecule has 22 heavy (non-hydrogen) atoms. The molecule has 3 fully saturated rings. The Morgan fingerprint density at radius 3 is 2.82 bits per heavy atom. The summed E-state index contributed by atoms with van der Waals surface area (Å²) >= 11 is 0. The second-order valence-corrected chi connectivity index (χ2v) is 7.24. The molecule has 0 amide bonds. The molecule has 7 atom stereocenters. The first-order chi connectivity index (χ1) is 10.4. The predicted octanol–water partition coefficient (Wildman–Crippen LogP) is 0.106. The molecule has 2 saturated heterocycles. The standard InChI is InChI=1S/C16H16O6/c1-15-7-4-9(17)20-5-6(7)3-8-11(15)16(2,14(19)21-8)12(18)10-13(15)22-10/h3-4,8,10-13,18H,5H2,1-2H3/t8-,10-,11?,12+,13-,15-,16-/m1/s1. The first-order valence-electron chi connectivity index (χ1n) is 7.53. The van der Waals surface area contributed by atoms with Gasteiger partial charge in [0.1, 0.15) is 24.2 Å². The number of hydrogen-bond acceptors (Lipinski definition) is 6. The number of aliphatic hydroxyl groups is 1. The summed E-state index contributed by atoms with van der Waals surface area (Å²) in [5.41, 5.74) is 0.209. The van der Waals surface area contributed by atoms with Gasteiger partial charge in [-0.05, 0) is 24.1 Å². The van der Waals surface area contributed by atoms with Crippen LogP contribution in [-0.4, -0.2) is 48.1 Å². The fourth-order valence-electron chi connectivity index (χ4n) is 5.19. The number of rotatable bonds is 0. The summed E-state index contributed by atoms with van der Waals surface area (Å²) < 4.78 is 16.4. The van der Waals surface area contributed by atoms with Crippen molar-refractivity contribution in [3.63, 3.8) is 0 Å². The number of fused-ring (bicyclic) bond motifs is 4. The third-order valence-corrected chi connectivity index (χ3v) is 6.27. The molecule has 5 rings (SSSR count). The van der Waals surface area contributed by atoms with Gasteiger partial charge >= 0.3 is 11.9 Å². The van der Waals surface area contributed by atoms with Gasteiger partial charge in [0.15, 0.2) is 0 Å². The molecule has 0 spiro atoms. The smallest absolute Gasteiger partial charge is 0.331 e. The third-order valence-electron chi connectivity index (χ3n) is 6.27. The number of cyclic esters (lactones) is 1. The number of ether oxygens (including phenoxy) is 3. The third kappa shape index (κ3) is 1.15. The zero-order chi connectivity index (χ0) is 15.4. The van der Waals surface area contributed by atoms with Crippen molar-refractivity contribution in [3.05, 3.63) is 23.3 Å². The minimum absolute atomic E-state index is 0.192. The number of aliphatic hydroxyl groups excluding tert-OH is 1. The molecule has 3 aliphatic heterocycles. The predicted molar refractivity (Wildman–Crippen MR) is 71.4 cm³/mol. The lowest BCUT2D eigenvalue weighted by molar-refractivity contribution is -0.154. The molecule has 0 radical (unpaired) electrons. The number of hydrogen-bond donors (Lipinski definition) is 1. The van der Waals surface area contributed by atoms with Crippen LogP contribution in [0.3, 0.4) is 0 Å². The zero-order valence-electron chi connectivity index (χ0n) is 12.2. The minimum Gasteiger partial charge on any atom is -0.458 e. The van der Waals surface area contributed by atoms with Gasteiger partial charge in [-0.3, -0.25) is 4.79 Å². The van der Waals surface area contributed by atoms with E-state index in [4.69, 9.17) is 14.2 Å². The van der Waals surface area contributed by atoms with Crippen molar-refractivity contribution < 1.29 is 28.9 Å². The maximum Gasteiger partial charge on any atom is 0.331 e. The highest BCUT2D eigenvalue weighted by Crippen LogP contribution is 2.68. The van der Waals surface area contributed by atoms with Gasteiger partial charge < -0.3 is 19.3 Å². The molecular formula is C16H16O6. The Labute approximate surface area is 126 Å². The molecule has 0 aromatic heterocycles. The average Bonchev–Trinajstić information content (AvgIpc) is 3.22. The molecule has 0 aromatic carbocycles. The molecule has 1 unspecified atom stereocenters. The van der Waals surface area contributed by atoms with Crippen LogP contribution in [0, 0.1) is 16.7 Å². The molecule has 2 aliphatic carbocycles. The fourth-order valence-corrected chi connectivity index (χ4v) is 5.19. The summed E-state index contributed by atoms with van der Waals surface area (Å²) in [6.45, 7) is 3.96. The SMILES string of the molecule is C[C@@]12C3=CC(=O)OCC3=C[C@H]3OC(=O)[C@](C)(C31)[C@@H](O)[C@H]1O[C@H]12. The normalized spacial score (nSPS) is 54.2. The second-order valence-electron chi connectivity index (χ2n) is 7.24. The molecule has 1 N–H and O–H groups in total. The molecule has 1 saturated carbocycles. The van der Waals surface area contributed by atoms with Gasteiger partial charge in [0, 0.05) is 17.4 Å². The van der Waals surface area contributed by atoms with E-state index in [9.17, 15) is 14.7 Å². The van der Waals surface area contributed by atoms with Crippen molar-refractivity contribution in [3.8, 4) is 0 Å². The fraction of sp³-hybridized carbons (Fsp3) is 0.625. The zero-order valence-corrected chi connectivity index (χ0v) is 12.2. The van der Waals surface area contributed by atoms with Crippen molar-refractivity contribution in [2.45, 2.75) is 38.3 Å². The largest absolute Gasteiger partial charge is 0.458 e. The molecule has 116 valence electrons. The Morgan fingerprint density at radius 1 is 1.27 bits per heavy atom. The van der Waals surface area contributed by atoms with Crippen LogP contribution in [0.25, 0.3) is 0 Å². The van der Waals surface area contributed by atoms with E-state index in [0.717, 1.165) is 11.1 Å². The number of epoxide rings is 1. The Bertz CT molecular complexity index is 693. The highest BCUT2D eigenvalue weighted by molar-refractivity contribution is 5.87. The molecule has 3 heterocycles. The lowest BCUT2D eigenvalue weighted by Gasteiger charge is -2.51. The van der Waals surface area contributed by atoms with Gasteiger partial charge in [-0.1, -0.05) is 6.92 Å². The van der Waals surface area contributed by atoms with Gasteiger partial charge in [0.2, 0.25) is 0 Å². The van der Waals surface area contributed by atoms with E-state index in [0.29, 0.717) is 0 Å². The first kappa shape index (κ1) is 12.8. The van der Waals surface area contributed by atoms with Gasteiger partial charge in [-0.2, -0.15) is 0 Å². The summed E-state index contributed by atoms with van der Waals surface area (Å²) in [6, 6.07) is 0. The molecule has 6 heteroatoms. The summed E-state index contributed by atoms with van der Waals surface area (Å²) in [4.78, 5) is 24.2.